The topological polar surface area (TPSA) is 75.3 Å². The lowest BCUT2D eigenvalue weighted by Gasteiger charge is -2.23. The Balaban J connectivity index is 2.07. The Hall–Kier alpha value is -1.89. The highest BCUT2D eigenvalue weighted by molar-refractivity contribution is 7.90. The number of carbonyl (C=O) groups is 1. The molecule has 0 heterocycles. The number of hydrogen-bond acceptors (Lipinski definition) is 4. The quantitative estimate of drug-likeness (QED) is 0.751. The standard InChI is InChI=1S/C19H23ClN2O3S/c1-13(2)19(14-8-10-15(20)11-9-14)21-12-18(23)22-16-6-4-5-7-17(16)26(3,24)25/h4-11,13,19,21H,12H2,1-3H3,(H,22,23)/t19-/m1/s1. The van der Waals surface area contributed by atoms with Gasteiger partial charge in [-0.05, 0) is 35.7 Å². The number of halogens is 1. The lowest BCUT2D eigenvalue weighted by Crippen LogP contribution is -2.33. The van der Waals surface area contributed by atoms with E-state index in [0.717, 1.165) is 11.8 Å². The summed E-state index contributed by atoms with van der Waals surface area (Å²) in [6.45, 7) is 4.18. The maximum atomic E-state index is 12.3. The van der Waals surface area contributed by atoms with Gasteiger partial charge in [0.2, 0.25) is 5.91 Å². The Kier molecular flexibility index (Phi) is 6.81. The summed E-state index contributed by atoms with van der Waals surface area (Å²) in [5, 5.41) is 6.56. The number of carbonyl (C=O) groups excluding carboxylic acids is 1. The molecule has 0 aliphatic carbocycles. The van der Waals surface area contributed by atoms with E-state index in [9.17, 15) is 13.2 Å². The van der Waals surface area contributed by atoms with Crippen molar-refractivity contribution >= 4 is 33.0 Å². The van der Waals surface area contributed by atoms with Crippen LogP contribution in [0.3, 0.4) is 0 Å². The lowest BCUT2D eigenvalue weighted by atomic mass is 9.96. The van der Waals surface area contributed by atoms with Gasteiger partial charge in [0.1, 0.15) is 0 Å². The highest BCUT2D eigenvalue weighted by Gasteiger charge is 2.18. The minimum absolute atomic E-state index is 0.0248. The molecule has 2 rings (SSSR count). The van der Waals surface area contributed by atoms with Gasteiger partial charge in [0, 0.05) is 17.3 Å². The van der Waals surface area contributed by atoms with Crippen molar-refractivity contribution < 1.29 is 13.2 Å². The van der Waals surface area contributed by atoms with Crippen LogP contribution in [0.5, 0.6) is 0 Å². The normalized spacial score (nSPS) is 12.8. The van der Waals surface area contributed by atoms with E-state index < -0.39 is 9.84 Å². The first-order valence-corrected chi connectivity index (χ1v) is 10.5. The van der Waals surface area contributed by atoms with Gasteiger partial charge in [0.15, 0.2) is 9.84 Å². The fraction of sp³-hybridized carbons (Fsp3) is 0.316. The van der Waals surface area contributed by atoms with Gasteiger partial charge in [-0.15, -0.1) is 0 Å². The van der Waals surface area contributed by atoms with Gasteiger partial charge in [0.05, 0.1) is 17.1 Å². The molecule has 0 aliphatic rings. The average Bonchev–Trinajstić information content (AvgIpc) is 2.56. The average molecular weight is 395 g/mol. The molecule has 0 saturated carbocycles. The second kappa shape index (κ2) is 8.66. The number of hydrogen-bond donors (Lipinski definition) is 2. The highest BCUT2D eigenvalue weighted by atomic mass is 35.5. The van der Waals surface area contributed by atoms with E-state index in [1.165, 1.54) is 6.07 Å². The summed E-state index contributed by atoms with van der Waals surface area (Å²) < 4.78 is 23.7. The molecule has 2 aromatic rings. The minimum atomic E-state index is -3.42. The molecule has 7 heteroatoms. The summed E-state index contributed by atoms with van der Waals surface area (Å²) in [6.07, 6.45) is 1.12. The van der Waals surface area contributed by atoms with Crippen molar-refractivity contribution in [1.82, 2.24) is 5.32 Å². The predicted octanol–water partition coefficient (Wildman–Crippen LogP) is 3.67. The van der Waals surface area contributed by atoms with E-state index in [1.807, 2.05) is 24.3 Å². The third kappa shape index (κ3) is 5.56. The molecule has 140 valence electrons. The predicted molar refractivity (Wildman–Crippen MR) is 105 cm³/mol. The van der Waals surface area contributed by atoms with Crippen LogP contribution < -0.4 is 10.6 Å². The fourth-order valence-electron chi connectivity index (χ4n) is 2.70. The van der Waals surface area contributed by atoms with Gasteiger partial charge in [-0.25, -0.2) is 8.42 Å². The Bertz CT molecular complexity index is 865. The van der Waals surface area contributed by atoms with Crippen LogP contribution in [0.1, 0.15) is 25.5 Å². The molecule has 2 N–H and O–H groups in total. The van der Waals surface area contributed by atoms with Crippen molar-refractivity contribution in [2.75, 3.05) is 18.1 Å². The lowest BCUT2D eigenvalue weighted by molar-refractivity contribution is -0.115. The molecule has 1 atom stereocenters. The van der Waals surface area contributed by atoms with E-state index in [4.69, 9.17) is 11.6 Å². The molecule has 0 bridgehead atoms. The number of sulfone groups is 1. The van der Waals surface area contributed by atoms with E-state index in [2.05, 4.69) is 24.5 Å². The Morgan fingerprint density at radius 1 is 1.08 bits per heavy atom. The van der Waals surface area contributed by atoms with Gasteiger partial charge < -0.3 is 10.6 Å². The maximum absolute atomic E-state index is 12.3. The smallest absolute Gasteiger partial charge is 0.238 e. The van der Waals surface area contributed by atoms with Crippen molar-refractivity contribution in [1.29, 1.82) is 0 Å². The summed E-state index contributed by atoms with van der Waals surface area (Å²) in [5.74, 6) is -0.0482. The van der Waals surface area contributed by atoms with Crippen LogP contribution in [0.4, 0.5) is 5.69 Å². The molecule has 0 saturated heterocycles. The van der Waals surface area contributed by atoms with Crippen LogP contribution in [0.2, 0.25) is 5.02 Å². The third-order valence-electron chi connectivity index (χ3n) is 3.94. The van der Waals surface area contributed by atoms with Gasteiger partial charge in [0.25, 0.3) is 0 Å². The van der Waals surface area contributed by atoms with Gasteiger partial charge in [-0.1, -0.05) is 49.7 Å². The van der Waals surface area contributed by atoms with Crippen molar-refractivity contribution in [2.24, 2.45) is 5.92 Å². The Morgan fingerprint density at radius 2 is 1.69 bits per heavy atom. The Morgan fingerprint density at radius 3 is 2.27 bits per heavy atom. The molecular weight excluding hydrogens is 372 g/mol. The summed E-state index contributed by atoms with van der Waals surface area (Å²) in [4.78, 5) is 12.4. The molecule has 0 aromatic heterocycles. The Labute approximate surface area is 159 Å². The van der Waals surface area contributed by atoms with Crippen molar-refractivity contribution in [3.8, 4) is 0 Å². The van der Waals surface area contributed by atoms with Crippen molar-refractivity contribution in [2.45, 2.75) is 24.8 Å². The third-order valence-corrected chi connectivity index (χ3v) is 5.35. The van der Waals surface area contributed by atoms with Crippen LogP contribution in [0, 0.1) is 5.92 Å². The van der Waals surface area contributed by atoms with Crippen LogP contribution in [-0.2, 0) is 14.6 Å². The summed E-state index contributed by atoms with van der Waals surface area (Å²) >= 11 is 5.93. The van der Waals surface area contributed by atoms with Gasteiger partial charge >= 0.3 is 0 Å². The first-order chi connectivity index (χ1) is 12.2. The first-order valence-electron chi connectivity index (χ1n) is 8.26. The zero-order chi connectivity index (χ0) is 19.3. The van der Waals surface area contributed by atoms with E-state index in [-0.39, 0.29) is 35.0 Å². The zero-order valence-electron chi connectivity index (χ0n) is 15.0. The summed E-state index contributed by atoms with van der Waals surface area (Å²) in [7, 11) is -3.42. The first kappa shape index (κ1) is 20.4. The largest absolute Gasteiger partial charge is 0.324 e. The summed E-state index contributed by atoms with van der Waals surface area (Å²) in [6, 6.07) is 13.8. The molecule has 2 aromatic carbocycles. The monoisotopic (exact) mass is 394 g/mol. The van der Waals surface area contributed by atoms with Gasteiger partial charge in [-0.3, -0.25) is 4.79 Å². The molecule has 0 aliphatic heterocycles. The van der Waals surface area contributed by atoms with E-state index in [0.29, 0.717) is 5.02 Å². The zero-order valence-corrected chi connectivity index (χ0v) is 16.6. The summed E-state index contributed by atoms with van der Waals surface area (Å²) in [5.41, 5.74) is 1.32. The van der Waals surface area contributed by atoms with E-state index in [1.54, 1.807) is 18.2 Å². The van der Waals surface area contributed by atoms with Crippen LogP contribution in [0.15, 0.2) is 53.4 Å². The number of nitrogens with one attached hydrogen (secondary N) is 2. The SMILES string of the molecule is CC(C)[C@@H](NCC(=O)Nc1ccccc1S(C)(=O)=O)c1ccc(Cl)cc1. The second-order valence-electron chi connectivity index (χ2n) is 6.47. The second-order valence-corrected chi connectivity index (χ2v) is 8.89. The number of benzene rings is 2. The molecule has 5 nitrogen and oxygen atoms in total. The maximum Gasteiger partial charge on any atom is 0.238 e. The van der Waals surface area contributed by atoms with Crippen molar-refractivity contribution in [3.05, 3.63) is 59.1 Å². The number of para-hydroxylation sites is 1. The van der Waals surface area contributed by atoms with Crippen LogP contribution >= 0.6 is 11.6 Å². The molecule has 0 unspecified atom stereocenters. The van der Waals surface area contributed by atoms with Crippen LogP contribution in [0.25, 0.3) is 0 Å². The highest BCUT2D eigenvalue weighted by Crippen LogP contribution is 2.23. The molecule has 26 heavy (non-hydrogen) atoms. The number of anilines is 1. The molecule has 0 spiro atoms. The number of amides is 1. The number of rotatable bonds is 7. The minimum Gasteiger partial charge on any atom is -0.324 e. The van der Waals surface area contributed by atoms with Crippen molar-refractivity contribution in [3.63, 3.8) is 0 Å². The molecule has 0 fully saturated rings. The van der Waals surface area contributed by atoms with Gasteiger partial charge in [-0.2, -0.15) is 0 Å². The molecular formula is C19H23ClN2O3S. The molecule has 1 amide bonds. The van der Waals surface area contributed by atoms with E-state index >= 15 is 0 Å². The van der Waals surface area contributed by atoms with Crippen LogP contribution in [-0.4, -0.2) is 27.1 Å². The molecule has 0 radical (unpaired) electrons. The fourth-order valence-corrected chi connectivity index (χ4v) is 3.67.